The number of sulfonamides is 1. The summed E-state index contributed by atoms with van der Waals surface area (Å²) in [6, 6.07) is 13.5. The van der Waals surface area contributed by atoms with Crippen molar-refractivity contribution in [2.24, 2.45) is 0 Å². The van der Waals surface area contributed by atoms with Crippen molar-refractivity contribution >= 4 is 15.9 Å². The average Bonchev–Trinajstić information content (AvgIpc) is 2.77. The van der Waals surface area contributed by atoms with Crippen LogP contribution >= 0.6 is 0 Å². The second-order valence-corrected chi connectivity index (χ2v) is 9.08. The third-order valence-corrected chi connectivity index (χ3v) is 6.63. The first-order valence-corrected chi connectivity index (χ1v) is 11.7. The second kappa shape index (κ2) is 9.95. The number of fused-ring (bicyclic) bond motifs is 1. The number of carbonyl (C=O) groups is 1. The maximum atomic E-state index is 13.0. The molecule has 0 saturated heterocycles. The minimum absolute atomic E-state index is 0.128. The number of ether oxygens (including phenoxy) is 2. The zero-order valence-corrected chi connectivity index (χ0v) is 18.2. The van der Waals surface area contributed by atoms with Gasteiger partial charge in [-0.2, -0.15) is 4.31 Å². The van der Waals surface area contributed by atoms with Crippen LogP contribution in [-0.2, 0) is 10.0 Å². The fourth-order valence-corrected chi connectivity index (χ4v) is 4.94. The molecule has 0 radical (unpaired) electrons. The molecule has 2 aromatic rings. The minimum atomic E-state index is -3.64. The normalized spacial score (nSPS) is 15.8. The van der Waals surface area contributed by atoms with Crippen LogP contribution < -0.4 is 14.8 Å². The van der Waals surface area contributed by atoms with E-state index >= 15 is 0 Å². The zero-order chi connectivity index (χ0) is 21.6. The molecule has 1 aliphatic rings. The lowest BCUT2D eigenvalue weighted by Gasteiger charge is -2.26. The molecule has 30 heavy (non-hydrogen) atoms. The molecule has 3 rings (SSSR count). The first kappa shape index (κ1) is 22.1. The summed E-state index contributed by atoms with van der Waals surface area (Å²) in [5, 5.41) is 2.81. The molecule has 0 spiro atoms. The number of nitrogens with one attached hydrogen (secondary N) is 1. The molecule has 0 bridgehead atoms. The van der Waals surface area contributed by atoms with Crippen LogP contribution in [-0.4, -0.2) is 51.0 Å². The molecular formula is C22H28N2O5S. The van der Waals surface area contributed by atoms with Crippen LogP contribution in [0.3, 0.4) is 0 Å². The lowest BCUT2D eigenvalue weighted by molar-refractivity contribution is 0.0789. The lowest BCUT2D eigenvalue weighted by Crippen LogP contribution is -2.40. The standard InChI is InChI=1S/C22H28N2O5S/c1-3-12-24(13-4-2)30(26,27)19-9-7-8-17(14-19)22(25)23-15-18-16-28-20-10-5-6-11-21(20)29-18/h5-11,14,18H,3-4,12-13,15-16H2,1-2H3,(H,23,25). The van der Waals surface area contributed by atoms with E-state index < -0.39 is 10.0 Å². The van der Waals surface area contributed by atoms with E-state index in [4.69, 9.17) is 9.47 Å². The summed E-state index contributed by atoms with van der Waals surface area (Å²) >= 11 is 0. The Labute approximate surface area is 178 Å². The Hall–Kier alpha value is -2.58. The van der Waals surface area contributed by atoms with Crippen LogP contribution in [0.1, 0.15) is 37.0 Å². The molecule has 1 N–H and O–H groups in total. The van der Waals surface area contributed by atoms with E-state index in [0.29, 0.717) is 36.8 Å². The highest BCUT2D eigenvalue weighted by atomic mass is 32.2. The summed E-state index contributed by atoms with van der Waals surface area (Å²) in [6.07, 6.45) is 1.14. The molecule has 1 unspecified atom stereocenters. The van der Waals surface area contributed by atoms with Crippen molar-refractivity contribution in [1.29, 1.82) is 0 Å². The molecule has 7 nitrogen and oxygen atoms in total. The number of hydrogen-bond acceptors (Lipinski definition) is 5. The van der Waals surface area contributed by atoms with E-state index in [2.05, 4.69) is 5.32 Å². The smallest absolute Gasteiger partial charge is 0.251 e. The Morgan fingerprint density at radius 2 is 1.77 bits per heavy atom. The summed E-state index contributed by atoms with van der Waals surface area (Å²) in [5.41, 5.74) is 0.293. The summed E-state index contributed by atoms with van der Waals surface area (Å²) in [4.78, 5) is 12.7. The molecule has 1 aliphatic heterocycles. The van der Waals surface area contributed by atoms with Gasteiger partial charge in [0.1, 0.15) is 12.7 Å². The summed E-state index contributed by atoms with van der Waals surface area (Å²) < 4.78 is 38.9. The summed E-state index contributed by atoms with van der Waals surface area (Å²) in [7, 11) is -3.64. The Kier molecular flexibility index (Phi) is 7.33. The van der Waals surface area contributed by atoms with Crippen LogP contribution in [0.4, 0.5) is 0 Å². The summed E-state index contributed by atoms with van der Waals surface area (Å²) in [5.74, 6) is 0.969. The number of para-hydroxylation sites is 2. The van der Waals surface area contributed by atoms with Crippen molar-refractivity contribution in [3.8, 4) is 11.5 Å². The molecule has 0 aromatic heterocycles. The van der Waals surface area contributed by atoms with Gasteiger partial charge in [0, 0.05) is 18.7 Å². The van der Waals surface area contributed by atoms with E-state index in [1.807, 2.05) is 38.1 Å². The Bertz CT molecular complexity index is 971. The predicted octanol–water partition coefficient (Wildman–Crippen LogP) is 3.07. The second-order valence-electron chi connectivity index (χ2n) is 7.14. The summed E-state index contributed by atoms with van der Waals surface area (Å²) in [6.45, 7) is 5.37. The van der Waals surface area contributed by atoms with Crippen LogP contribution in [0, 0.1) is 0 Å². The molecule has 162 valence electrons. The molecule has 0 saturated carbocycles. The quantitative estimate of drug-likeness (QED) is 0.658. The molecule has 0 aliphatic carbocycles. The van der Waals surface area contributed by atoms with Crippen molar-refractivity contribution in [3.05, 3.63) is 54.1 Å². The van der Waals surface area contributed by atoms with Crippen molar-refractivity contribution in [2.45, 2.75) is 37.7 Å². The number of carbonyl (C=O) groups excluding carboxylic acids is 1. The lowest BCUT2D eigenvalue weighted by atomic mass is 10.2. The zero-order valence-electron chi connectivity index (χ0n) is 17.3. The predicted molar refractivity (Wildman–Crippen MR) is 114 cm³/mol. The third-order valence-electron chi connectivity index (χ3n) is 4.74. The van der Waals surface area contributed by atoms with E-state index in [-0.39, 0.29) is 23.5 Å². The maximum Gasteiger partial charge on any atom is 0.251 e. The molecule has 8 heteroatoms. The Morgan fingerprint density at radius 3 is 2.47 bits per heavy atom. The SMILES string of the molecule is CCCN(CCC)S(=O)(=O)c1cccc(C(=O)NCC2COc3ccccc3O2)c1. The fraction of sp³-hybridized carbons (Fsp3) is 0.409. The monoisotopic (exact) mass is 432 g/mol. The van der Waals surface area contributed by atoms with Gasteiger partial charge in [0.25, 0.3) is 5.91 Å². The topological polar surface area (TPSA) is 84.9 Å². The maximum absolute atomic E-state index is 13.0. The first-order valence-electron chi connectivity index (χ1n) is 10.2. The Morgan fingerprint density at radius 1 is 1.07 bits per heavy atom. The van der Waals surface area contributed by atoms with Gasteiger partial charge in [-0.25, -0.2) is 8.42 Å². The van der Waals surface area contributed by atoms with Gasteiger partial charge < -0.3 is 14.8 Å². The van der Waals surface area contributed by atoms with Gasteiger partial charge >= 0.3 is 0 Å². The van der Waals surface area contributed by atoms with Gasteiger partial charge in [-0.15, -0.1) is 0 Å². The number of rotatable bonds is 9. The third kappa shape index (κ3) is 5.12. The van der Waals surface area contributed by atoms with Gasteiger partial charge in [-0.05, 0) is 43.2 Å². The number of benzene rings is 2. The van der Waals surface area contributed by atoms with Crippen molar-refractivity contribution in [1.82, 2.24) is 9.62 Å². The highest BCUT2D eigenvalue weighted by Crippen LogP contribution is 2.30. The van der Waals surface area contributed by atoms with Crippen LogP contribution in [0.2, 0.25) is 0 Å². The fourth-order valence-electron chi connectivity index (χ4n) is 3.27. The van der Waals surface area contributed by atoms with Crippen LogP contribution in [0.5, 0.6) is 11.5 Å². The van der Waals surface area contributed by atoms with Crippen molar-refractivity contribution in [2.75, 3.05) is 26.2 Å². The van der Waals surface area contributed by atoms with E-state index in [0.717, 1.165) is 12.8 Å². The van der Waals surface area contributed by atoms with Gasteiger partial charge in [0.15, 0.2) is 11.5 Å². The number of nitrogens with zero attached hydrogens (tertiary/aromatic N) is 1. The molecular weight excluding hydrogens is 404 g/mol. The first-order chi connectivity index (χ1) is 14.5. The molecule has 1 atom stereocenters. The largest absolute Gasteiger partial charge is 0.486 e. The number of amides is 1. The van der Waals surface area contributed by atoms with E-state index in [9.17, 15) is 13.2 Å². The van der Waals surface area contributed by atoms with Gasteiger partial charge in [0.2, 0.25) is 10.0 Å². The number of hydrogen-bond donors (Lipinski definition) is 1. The molecule has 2 aromatic carbocycles. The molecule has 0 fully saturated rings. The van der Waals surface area contributed by atoms with Gasteiger partial charge in [-0.3, -0.25) is 4.79 Å². The minimum Gasteiger partial charge on any atom is -0.486 e. The van der Waals surface area contributed by atoms with Crippen molar-refractivity contribution in [3.63, 3.8) is 0 Å². The highest BCUT2D eigenvalue weighted by Gasteiger charge is 2.25. The molecule has 1 amide bonds. The Balaban J connectivity index is 1.66. The van der Waals surface area contributed by atoms with Crippen LogP contribution in [0.25, 0.3) is 0 Å². The van der Waals surface area contributed by atoms with Gasteiger partial charge in [-0.1, -0.05) is 32.0 Å². The molecule has 1 heterocycles. The van der Waals surface area contributed by atoms with Crippen molar-refractivity contribution < 1.29 is 22.7 Å². The van der Waals surface area contributed by atoms with Gasteiger partial charge in [0.05, 0.1) is 11.4 Å². The average molecular weight is 433 g/mol. The van der Waals surface area contributed by atoms with E-state index in [1.54, 1.807) is 12.1 Å². The van der Waals surface area contributed by atoms with Crippen LogP contribution in [0.15, 0.2) is 53.4 Å². The highest BCUT2D eigenvalue weighted by molar-refractivity contribution is 7.89. The van der Waals surface area contributed by atoms with E-state index in [1.165, 1.54) is 16.4 Å².